The van der Waals surface area contributed by atoms with Gasteiger partial charge in [-0.25, -0.2) is 9.97 Å². The van der Waals surface area contributed by atoms with Gasteiger partial charge < -0.3 is 0 Å². The number of hydrogen-bond donors (Lipinski definition) is 2. The van der Waals surface area contributed by atoms with Crippen LogP contribution >= 0.6 is 0 Å². The molecule has 0 fully saturated rings. The Balaban J connectivity index is 1.54. The smallest absolute Gasteiger partial charge is 0.266 e. The number of carbonyl (C=O) groups is 1. The number of aryl methyl sites for hydroxylation is 2. The minimum absolute atomic E-state index is 0.0446. The first-order valence-corrected chi connectivity index (χ1v) is 9.45. The molecule has 2 heterocycles. The molecular formula is C22H22N6O. The lowest BCUT2D eigenvalue weighted by Gasteiger charge is -2.23. The van der Waals surface area contributed by atoms with Crippen molar-refractivity contribution in [2.75, 3.05) is 10.4 Å². The van der Waals surface area contributed by atoms with Crippen molar-refractivity contribution in [3.63, 3.8) is 0 Å². The van der Waals surface area contributed by atoms with Gasteiger partial charge in [0.25, 0.3) is 5.91 Å². The first-order valence-electron chi connectivity index (χ1n) is 9.45. The number of benzene rings is 2. The van der Waals surface area contributed by atoms with Crippen LogP contribution < -0.4 is 15.9 Å². The van der Waals surface area contributed by atoms with E-state index in [0.29, 0.717) is 18.1 Å². The molecule has 7 heteroatoms. The largest absolute Gasteiger partial charge is 0.285 e. The van der Waals surface area contributed by atoms with Crippen LogP contribution in [0.15, 0.2) is 71.8 Å². The van der Waals surface area contributed by atoms with Crippen LogP contribution in [0.3, 0.4) is 0 Å². The fourth-order valence-electron chi connectivity index (χ4n) is 3.37. The molecule has 7 nitrogen and oxygen atoms in total. The maximum Gasteiger partial charge on any atom is 0.285 e. The van der Waals surface area contributed by atoms with Crippen LogP contribution in [0.2, 0.25) is 0 Å². The number of aromatic nitrogens is 2. The second-order valence-corrected chi connectivity index (χ2v) is 6.91. The van der Waals surface area contributed by atoms with E-state index in [9.17, 15) is 4.79 Å². The number of rotatable bonds is 5. The van der Waals surface area contributed by atoms with Gasteiger partial charge in [0.15, 0.2) is 0 Å². The first-order chi connectivity index (χ1) is 14.1. The number of amides is 1. The van der Waals surface area contributed by atoms with E-state index in [-0.39, 0.29) is 11.9 Å². The van der Waals surface area contributed by atoms with Crippen molar-refractivity contribution in [1.82, 2.24) is 15.4 Å². The Kier molecular flexibility index (Phi) is 5.20. The zero-order chi connectivity index (χ0) is 20.2. The predicted molar refractivity (Wildman–Crippen MR) is 113 cm³/mol. The molecule has 0 spiro atoms. The number of carbonyl (C=O) groups excluding carboxylic acids is 1. The Morgan fingerprint density at radius 1 is 0.966 bits per heavy atom. The molecule has 1 amide bonds. The van der Waals surface area contributed by atoms with Crippen molar-refractivity contribution in [2.45, 2.75) is 26.3 Å². The van der Waals surface area contributed by atoms with Crippen LogP contribution in [0, 0.1) is 13.8 Å². The van der Waals surface area contributed by atoms with E-state index >= 15 is 0 Å². The number of hydrogen-bond acceptors (Lipinski definition) is 6. The number of hydrazine groups is 1. The van der Waals surface area contributed by atoms with Crippen molar-refractivity contribution < 1.29 is 4.79 Å². The number of para-hydroxylation sites is 1. The third-order valence-corrected chi connectivity index (χ3v) is 4.65. The van der Waals surface area contributed by atoms with Gasteiger partial charge in [0, 0.05) is 17.8 Å². The monoisotopic (exact) mass is 386 g/mol. The standard InChI is InChI=1S/C22H22N6O/c1-15-13-16(2)24-22(23-15)26-25-21(29)19-14-20(17-9-5-3-6-10-17)28(27-19)18-11-7-4-8-12-18/h3-13,20H,14H2,1-2H3,(H,25,29)(H,23,24,26)/t20-/m0/s1. The molecule has 1 atom stereocenters. The van der Waals surface area contributed by atoms with Gasteiger partial charge in [-0.05, 0) is 37.6 Å². The van der Waals surface area contributed by atoms with Crippen molar-refractivity contribution in [2.24, 2.45) is 5.10 Å². The molecule has 2 aromatic carbocycles. The normalized spacial score (nSPS) is 15.7. The minimum Gasteiger partial charge on any atom is -0.266 e. The van der Waals surface area contributed by atoms with E-state index in [2.05, 4.69) is 38.1 Å². The highest BCUT2D eigenvalue weighted by atomic mass is 16.2. The Bertz CT molecular complexity index is 1020. The van der Waals surface area contributed by atoms with Crippen LogP contribution in [0.25, 0.3) is 0 Å². The molecular weight excluding hydrogens is 364 g/mol. The molecule has 1 aromatic heterocycles. The van der Waals surface area contributed by atoms with E-state index < -0.39 is 0 Å². The van der Waals surface area contributed by atoms with Crippen molar-refractivity contribution in [3.8, 4) is 0 Å². The molecule has 4 rings (SSSR count). The molecule has 2 N–H and O–H groups in total. The highest BCUT2D eigenvalue weighted by Crippen LogP contribution is 2.34. The third kappa shape index (κ3) is 4.24. The summed E-state index contributed by atoms with van der Waals surface area (Å²) in [5, 5.41) is 6.52. The second kappa shape index (κ2) is 8.10. The SMILES string of the molecule is Cc1cc(C)nc(NNC(=O)C2=NN(c3ccccc3)[C@H](c3ccccc3)C2)n1. The van der Waals surface area contributed by atoms with Crippen LogP contribution in [0.5, 0.6) is 0 Å². The van der Waals surface area contributed by atoms with Crippen molar-refractivity contribution >= 4 is 23.3 Å². The summed E-state index contributed by atoms with van der Waals surface area (Å²) in [6.07, 6.45) is 0.500. The maximum absolute atomic E-state index is 12.8. The zero-order valence-corrected chi connectivity index (χ0v) is 16.3. The van der Waals surface area contributed by atoms with Gasteiger partial charge in [0.2, 0.25) is 5.95 Å². The molecule has 0 saturated carbocycles. The van der Waals surface area contributed by atoms with E-state index in [1.807, 2.05) is 73.5 Å². The number of anilines is 2. The summed E-state index contributed by atoms with van der Waals surface area (Å²) in [4.78, 5) is 21.3. The van der Waals surface area contributed by atoms with E-state index in [0.717, 1.165) is 22.6 Å². The van der Waals surface area contributed by atoms with E-state index in [1.165, 1.54) is 0 Å². The van der Waals surface area contributed by atoms with Gasteiger partial charge in [0.05, 0.1) is 11.7 Å². The van der Waals surface area contributed by atoms with E-state index in [1.54, 1.807) is 0 Å². The minimum atomic E-state index is -0.299. The molecule has 146 valence electrons. The number of hydrazone groups is 1. The lowest BCUT2D eigenvalue weighted by molar-refractivity contribution is -0.114. The molecule has 0 unspecified atom stereocenters. The molecule has 0 bridgehead atoms. The van der Waals surface area contributed by atoms with Crippen molar-refractivity contribution in [3.05, 3.63) is 83.7 Å². The van der Waals surface area contributed by atoms with Gasteiger partial charge in [-0.2, -0.15) is 5.10 Å². The third-order valence-electron chi connectivity index (χ3n) is 4.65. The summed E-state index contributed by atoms with van der Waals surface area (Å²) >= 11 is 0. The predicted octanol–water partition coefficient (Wildman–Crippen LogP) is 3.54. The molecule has 0 aliphatic carbocycles. The fraction of sp³-hybridized carbons (Fsp3) is 0.182. The van der Waals surface area contributed by atoms with Crippen molar-refractivity contribution in [1.29, 1.82) is 0 Å². The van der Waals surface area contributed by atoms with Crippen LogP contribution in [0.4, 0.5) is 11.6 Å². The molecule has 0 radical (unpaired) electrons. The van der Waals surface area contributed by atoms with E-state index in [4.69, 9.17) is 0 Å². The number of nitrogens with zero attached hydrogens (tertiary/aromatic N) is 4. The Hall–Kier alpha value is -3.74. The molecule has 1 aliphatic rings. The lowest BCUT2D eigenvalue weighted by Crippen LogP contribution is -2.35. The van der Waals surface area contributed by atoms with Gasteiger partial charge in [-0.15, -0.1) is 0 Å². The van der Waals surface area contributed by atoms with Gasteiger partial charge >= 0.3 is 0 Å². The maximum atomic E-state index is 12.8. The Morgan fingerprint density at radius 2 is 1.59 bits per heavy atom. The molecule has 0 saturated heterocycles. The zero-order valence-electron chi connectivity index (χ0n) is 16.3. The summed E-state index contributed by atoms with van der Waals surface area (Å²) < 4.78 is 0. The fourth-order valence-corrected chi connectivity index (χ4v) is 3.37. The highest BCUT2D eigenvalue weighted by molar-refractivity contribution is 6.39. The van der Waals surface area contributed by atoms with Gasteiger partial charge in [0.1, 0.15) is 5.71 Å². The summed E-state index contributed by atoms with van der Waals surface area (Å²) in [5.74, 6) is 0.0566. The summed E-state index contributed by atoms with van der Waals surface area (Å²) in [5.41, 5.74) is 9.60. The average molecular weight is 386 g/mol. The molecule has 1 aliphatic heterocycles. The topological polar surface area (TPSA) is 82.5 Å². The van der Waals surface area contributed by atoms with Gasteiger partial charge in [-0.1, -0.05) is 48.5 Å². The lowest BCUT2D eigenvalue weighted by atomic mass is 10.0. The Morgan fingerprint density at radius 3 is 2.24 bits per heavy atom. The second-order valence-electron chi connectivity index (χ2n) is 6.91. The van der Waals surface area contributed by atoms with Gasteiger partial charge in [-0.3, -0.25) is 20.7 Å². The number of nitrogens with one attached hydrogen (secondary N) is 2. The summed E-state index contributed by atoms with van der Waals surface area (Å²) in [6.45, 7) is 3.76. The highest BCUT2D eigenvalue weighted by Gasteiger charge is 2.32. The molecule has 3 aromatic rings. The van der Waals surface area contributed by atoms with Crippen LogP contribution in [-0.2, 0) is 4.79 Å². The summed E-state index contributed by atoms with van der Waals surface area (Å²) in [6, 6.07) is 21.8. The summed E-state index contributed by atoms with van der Waals surface area (Å²) in [7, 11) is 0. The average Bonchev–Trinajstić information content (AvgIpc) is 3.18. The van der Waals surface area contributed by atoms with Crippen LogP contribution in [0.1, 0.15) is 29.4 Å². The Labute approximate surface area is 169 Å². The first kappa shape index (κ1) is 18.6. The van der Waals surface area contributed by atoms with Crippen LogP contribution in [-0.4, -0.2) is 21.6 Å². The quantitative estimate of drug-likeness (QED) is 0.656. The molecule has 29 heavy (non-hydrogen) atoms.